The Bertz CT molecular complexity index is 620. The molecule has 3 rings (SSSR count). The third-order valence-corrected chi connectivity index (χ3v) is 3.98. The lowest BCUT2D eigenvalue weighted by Crippen LogP contribution is -2.23. The Morgan fingerprint density at radius 1 is 0.944 bits per heavy atom. The minimum absolute atomic E-state index is 0.323. The van der Waals surface area contributed by atoms with Crippen molar-refractivity contribution in [2.24, 2.45) is 0 Å². The van der Waals surface area contributed by atoms with Crippen LogP contribution in [0.4, 0.5) is 0 Å². The molecular formula is C15H15BO2. The fourth-order valence-corrected chi connectivity index (χ4v) is 2.95. The van der Waals surface area contributed by atoms with Gasteiger partial charge in [-0.05, 0) is 47.2 Å². The van der Waals surface area contributed by atoms with E-state index in [0.29, 0.717) is 0 Å². The van der Waals surface area contributed by atoms with Crippen LogP contribution < -0.4 is 0 Å². The van der Waals surface area contributed by atoms with Gasteiger partial charge in [0.15, 0.2) is 0 Å². The lowest BCUT2D eigenvalue weighted by atomic mass is 9.66. The van der Waals surface area contributed by atoms with Gasteiger partial charge in [0.05, 0.1) is 0 Å². The van der Waals surface area contributed by atoms with E-state index in [1.54, 1.807) is 0 Å². The first-order chi connectivity index (χ1) is 8.61. The monoisotopic (exact) mass is 238 g/mol. The van der Waals surface area contributed by atoms with Crippen molar-refractivity contribution in [2.45, 2.75) is 19.7 Å². The van der Waals surface area contributed by atoms with E-state index in [-0.39, 0.29) is 5.82 Å². The number of fused-ring (bicyclic) bond motifs is 3. The molecule has 2 N–H and O–H groups in total. The van der Waals surface area contributed by atoms with E-state index in [1.165, 1.54) is 5.56 Å². The van der Waals surface area contributed by atoms with Crippen molar-refractivity contribution in [3.05, 3.63) is 58.7 Å². The molecule has 2 aromatic rings. The molecule has 1 aliphatic carbocycles. The summed E-state index contributed by atoms with van der Waals surface area (Å²) in [4.78, 5) is 0. The van der Waals surface area contributed by atoms with E-state index in [2.05, 4.69) is 26.0 Å². The fraction of sp³-hybridized carbons (Fsp3) is 0.200. The molecule has 0 aromatic heterocycles. The Labute approximate surface area is 107 Å². The van der Waals surface area contributed by atoms with Gasteiger partial charge in [-0.3, -0.25) is 0 Å². The normalized spacial score (nSPS) is 16.3. The molecule has 0 spiro atoms. The molecule has 3 heteroatoms. The minimum Gasteiger partial charge on any atom is -0.426 e. The molecule has 1 atom stereocenters. The van der Waals surface area contributed by atoms with Crippen molar-refractivity contribution in [3.8, 4) is 11.1 Å². The summed E-state index contributed by atoms with van der Waals surface area (Å²) in [5, 5.41) is 19.4. The molecule has 0 heterocycles. The van der Waals surface area contributed by atoms with Crippen molar-refractivity contribution < 1.29 is 10.0 Å². The topological polar surface area (TPSA) is 40.5 Å². The molecule has 90 valence electrons. The largest absolute Gasteiger partial charge is 0.464 e. The van der Waals surface area contributed by atoms with Gasteiger partial charge in [-0.15, -0.1) is 0 Å². The summed E-state index contributed by atoms with van der Waals surface area (Å²) in [5.41, 5.74) is 6.66. The Hall–Kier alpha value is -1.58. The smallest absolute Gasteiger partial charge is 0.426 e. The second kappa shape index (κ2) is 3.97. The quantitative estimate of drug-likeness (QED) is 0.749. The first kappa shape index (κ1) is 11.5. The van der Waals surface area contributed by atoms with Crippen LogP contribution >= 0.6 is 0 Å². The predicted molar refractivity (Wildman–Crippen MR) is 73.4 cm³/mol. The van der Waals surface area contributed by atoms with Crippen LogP contribution in [0.3, 0.4) is 0 Å². The van der Waals surface area contributed by atoms with Gasteiger partial charge in [0.1, 0.15) is 0 Å². The van der Waals surface area contributed by atoms with Gasteiger partial charge < -0.3 is 10.0 Å². The number of hydrogen-bond donors (Lipinski definition) is 2. The average molecular weight is 238 g/mol. The number of rotatable bonds is 1. The van der Waals surface area contributed by atoms with Crippen LogP contribution in [0.25, 0.3) is 11.1 Å². The average Bonchev–Trinajstić information content (AvgIpc) is 2.69. The van der Waals surface area contributed by atoms with E-state index in [1.807, 2.05) is 24.3 Å². The van der Waals surface area contributed by atoms with Gasteiger partial charge in [-0.25, -0.2) is 0 Å². The standard InChI is InChI=1S/C15H15BO2/c1-9-7-8-12-11-5-3-4-6-13(11)15(16(17)18)14(12)10(9)2/h3-8,15,17-18H,1-2H3. The zero-order valence-electron chi connectivity index (χ0n) is 10.5. The molecule has 0 saturated carbocycles. The van der Waals surface area contributed by atoms with Gasteiger partial charge in [0, 0.05) is 5.82 Å². The van der Waals surface area contributed by atoms with E-state index in [4.69, 9.17) is 0 Å². The van der Waals surface area contributed by atoms with Crippen LogP contribution in [0, 0.1) is 13.8 Å². The highest BCUT2D eigenvalue weighted by molar-refractivity contribution is 6.45. The highest BCUT2D eigenvalue weighted by Gasteiger charge is 2.37. The van der Waals surface area contributed by atoms with Crippen LogP contribution in [-0.4, -0.2) is 17.2 Å². The Morgan fingerprint density at radius 2 is 1.67 bits per heavy atom. The van der Waals surface area contributed by atoms with Crippen LogP contribution in [0.2, 0.25) is 0 Å². The van der Waals surface area contributed by atoms with Gasteiger partial charge in [0.25, 0.3) is 0 Å². The Morgan fingerprint density at radius 3 is 2.39 bits per heavy atom. The van der Waals surface area contributed by atoms with E-state index < -0.39 is 7.12 Å². The maximum atomic E-state index is 9.72. The number of aryl methyl sites for hydroxylation is 1. The maximum absolute atomic E-state index is 9.72. The molecule has 1 aliphatic rings. The lowest BCUT2D eigenvalue weighted by Gasteiger charge is -2.15. The van der Waals surface area contributed by atoms with E-state index >= 15 is 0 Å². The molecule has 18 heavy (non-hydrogen) atoms. The van der Waals surface area contributed by atoms with Crippen LogP contribution in [-0.2, 0) is 0 Å². The van der Waals surface area contributed by atoms with Crippen molar-refractivity contribution in [1.82, 2.24) is 0 Å². The van der Waals surface area contributed by atoms with Crippen LogP contribution in [0.1, 0.15) is 28.1 Å². The predicted octanol–water partition coefficient (Wildman–Crippen LogP) is 2.43. The third-order valence-electron chi connectivity index (χ3n) is 3.98. The lowest BCUT2D eigenvalue weighted by molar-refractivity contribution is 0.396. The summed E-state index contributed by atoms with van der Waals surface area (Å²) in [6.07, 6.45) is 0. The SMILES string of the molecule is Cc1ccc2c(c1C)C(B(O)O)c1ccccc1-2. The summed E-state index contributed by atoms with van der Waals surface area (Å²) in [6.45, 7) is 4.11. The zero-order chi connectivity index (χ0) is 12.9. The van der Waals surface area contributed by atoms with Crippen LogP contribution in [0.5, 0.6) is 0 Å². The summed E-state index contributed by atoms with van der Waals surface area (Å²) >= 11 is 0. The Balaban J connectivity index is 2.35. The molecule has 0 radical (unpaired) electrons. The molecule has 0 fully saturated rings. The minimum atomic E-state index is -1.35. The molecule has 2 nitrogen and oxygen atoms in total. The molecule has 0 aliphatic heterocycles. The van der Waals surface area contributed by atoms with Gasteiger partial charge in [0.2, 0.25) is 0 Å². The number of hydrogen-bond acceptors (Lipinski definition) is 2. The highest BCUT2D eigenvalue weighted by atomic mass is 16.4. The van der Waals surface area contributed by atoms with Crippen molar-refractivity contribution >= 4 is 7.12 Å². The molecule has 2 aromatic carbocycles. The van der Waals surface area contributed by atoms with Crippen molar-refractivity contribution in [3.63, 3.8) is 0 Å². The summed E-state index contributed by atoms with van der Waals surface area (Å²) in [6, 6.07) is 12.1. The summed E-state index contributed by atoms with van der Waals surface area (Å²) < 4.78 is 0. The molecule has 0 saturated heterocycles. The molecule has 0 bridgehead atoms. The molecule has 0 amide bonds. The second-order valence-electron chi connectivity index (χ2n) is 4.95. The van der Waals surface area contributed by atoms with Crippen LogP contribution in [0.15, 0.2) is 36.4 Å². The Kier molecular flexibility index (Phi) is 2.54. The first-order valence-corrected chi connectivity index (χ1v) is 6.17. The van der Waals surface area contributed by atoms with Crippen molar-refractivity contribution in [1.29, 1.82) is 0 Å². The second-order valence-corrected chi connectivity index (χ2v) is 4.95. The third kappa shape index (κ3) is 1.44. The van der Waals surface area contributed by atoms with E-state index in [0.717, 1.165) is 27.8 Å². The molecule has 1 unspecified atom stereocenters. The van der Waals surface area contributed by atoms with Gasteiger partial charge >= 0.3 is 7.12 Å². The first-order valence-electron chi connectivity index (χ1n) is 6.17. The number of benzene rings is 2. The summed E-state index contributed by atoms with van der Waals surface area (Å²) in [7, 11) is -1.35. The fourth-order valence-electron chi connectivity index (χ4n) is 2.95. The van der Waals surface area contributed by atoms with Crippen molar-refractivity contribution in [2.75, 3.05) is 0 Å². The summed E-state index contributed by atoms with van der Waals surface area (Å²) in [5.74, 6) is -0.323. The highest BCUT2D eigenvalue weighted by Crippen LogP contribution is 2.46. The van der Waals surface area contributed by atoms with E-state index in [9.17, 15) is 10.0 Å². The van der Waals surface area contributed by atoms with Gasteiger partial charge in [-0.2, -0.15) is 0 Å². The zero-order valence-corrected chi connectivity index (χ0v) is 10.5. The van der Waals surface area contributed by atoms with Gasteiger partial charge in [-0.1, -0.05) is 36.4 Å². The maximum Gasteiger partial charge on any atom is 0.464 e. The molecular weight excluding hydrogens is 223 g/mol.